The molecule has 1 unspecified atom stereocenters. The van der Waals surface area contributed by atoms with Crippen LogP contribution in [0.5, 0.6) is 17.2 Å². The summed E-state index contributed by atoms with van der Waals surface area (Å²) in [6.45, 7) is 3.90. The minimum Gasteiger partial charge on any atom is -0.493 e. The van der Waals surface area contributed by atoms with Crippen LogP contribution in [0.25, 0.3) is 6.08 Å². The molecule has 0 saturated heterocycles. The van der Waals surface area contributed by atoms with Gasteiger partial charge in [0.15, 0.2) is 17.6 Å². The largest absolute Gasteiger partial charge is 0.493 e. The predicted octanol–water partition coefficient (Wildman–Crippen LogP) is 3.50. The normalized spacial score (nSPS) is 13.6. The number of fused-ring (bicyclic) bond motifs is 1. The number of benzene rings is 2. The maximum absolute atomic E-state index is 13.6. The van der Waals surface area contributed by atoms with Gasteiger partial charge in [-0.05, 0) is 55.3 Å². The molecule has 0 aromatic heterocycles. The summed E-state index contributed by atoms with van der Waals surface area (Å²) in [5.74, 6) is -0.191. The van der Waals surface area contributed by atoms with Crippen LogP contribution in [0.3, 0.4) is 0 Å². The second-order valence-electron chi connectivity index (χ2n) is 6.61. The summed E-state index contributed by atoms with van der Waals surface area (Å²) in [6.07, 6.45) is 1.64. The summed E-state index contributed by atoms with van der Waals surface area (Å²) < 4.78 is 35.1. The first-order valence-corrected chi connectivity index (χ1v) is 9.30. The monoisotopic (exact) mass is 415 g/mol. The fourth-order valence-electron chi connectivity index (χ4n) is 2.74. The minimum absolute atomic E-state index is 0.282. The molecule has 2 aromatic carbocycles. The standard InChI is InChI=1S/C22H22FNO6/c1-13-4-6-16(12-17(13)23)24-22(26)14(2)30-20(25)7-5-15-10-18(27-3)21-19(11-15)28-8-9-29-21/h4-7,10-12,14H,8-9H2,1-3H3,(H,24,26). The smallest absolute Gasteiger partial charge is 0.331 e. The van der Waals surface area contributed by atoms with Gasteiger partial charge in [-0.1, -0.05) is 6.07 Å². The third-order valence-electron chi connectivity index (χ3n) is 4.36. The fourth-order valence-corrected chi connectivity index (χ4v) is 2.74. The Morgan fingerprint density at radius 3 is 2.70 bits per heavy atom. The van der Waals surface area contributed by atoms with E-state index in [0.717, 1.165) is 0 Å². The number of esters is 1. The number of carbonyl (C=O) groups is 2. The van der Waals surface area contributed by atoms with Gasteiger partial charge in [0.1, 0.15) is 19.0 Å². The van der Waals surface area contributed by atoms with Crippen molar-refractivity contribution in [3.8, 4) is 17.2 Å². The van der Waals surface area contributed by atoms with E-state index in [1.54, 1.807) is 31.2 Å². The Hall–Kier alpha value is -3.55. The van der Waals surface area contributed by atoms with Gasteiger partial charge in [0.2, 0.25) is 5.75 Å². The number of aryl methyl sites for hydroxylation is 1. The number of halogens is 1. The third-order valence-corrected chi connectivity index (χ3v) is 4.36. The van der Waals surface area contributed by atoms with E-state index in [-0.39, 0.29) is 5.69 Å². The molecule has 158 valence electrons. The Morgan fingerprint density at radius 2 is 1.97 bits per heavy atom. The minimum atomic E-state index is -1.07. The molecule has 1 aliphatic rings. The van der Waals surface area contributed by atoms with Gasteiger partial charge in [0, 0.05) is 11.8 Å². The van der Waals surface area contributed by atoms with Gasteiger partial charge >= 0.3 is 5.97 Å². The number of anilines is 1. The summed E-state index contributed by atoms with van der Waals surface area (Å²) >= 11 is 0. The molecule has 1 N–H and O–H groups in total. The average molecular weight is 415 g/mol. The summed E-state index contributed by atoms with van der Waals surface area (Å²) in [5, 5.41) is 2.51. The van der Waals surface area contributed by atoms with Crippen LogP contribution in [0, 0.1) is 12.7 Å². The third kappa shape index (κ3) is 5.08. The van der Waals surface area contributed by atoms with Crippen LogP contribution in [-0.4, -0.2) is 38.3 Å². The van der Waals surface area contributed by atoms with E-state index in [1.165, 1.54) is 32.3 Å². The first-order chi connectivity index (χ1) is 14.4. The molecule has 1 atom stereocenters. The molecule has 0 spiro atoms. The number of amides is 1. The van der Waals surface area contributed by atoms with E-state index in [1.807, 2.05) is 0 Å². The lowest BCUT2D eigenvalue weighted by Gasteiger charge is -2.20. The van der Waals surface area contributed by atoms with E-state index in [2.05, 4.69) is 5.32 Å². The van der Waals surface area contributed by atoms with Crippen molar-refractivity contribution >= 4 is 23.6 Å². The van der Waals surface area contributed by atoms with Crippen LogP contribution in [0.15, 0.2) is 36.4 Å². The van der Waals surface area contributed by atoms with Crippen molar-refractivity contribution in [3.05, 3.63) is 53.4 Å². The zero-order chi connectivity index (χ0) is 21.7. The van der Waals surface area contributed by atoms with Gasteiger partial charge in [0.05, 0.1) is 7.11 Å². The van der Waals surface area contributed by atoms with Crippen molar-refractivity contribution in [1.82, 2.24) is 0 Å². The summed E-state index contributed by atoms with van der Waals surface area (Å²) in [7, 11) is 1.51. The van der Waals surface area contributed by atoms with Crippen LogP contribution < -0.4 is 19.5 Å². The maximum atomic E-state index is 13.6. The quantitative estimate of drug-likeness (QED) is 0.574. The SMILES string of the molecule is COc1cc(C=CC(=O)OC(C)C(=O)Nc2ccc(C)c(F)c2)cc2c1OCCO2. The van der Waals surface area contributed by atoms with Crippen LogP contribution in [0.4, 0.5) is 10.1 Å². The molecule has 1 aliphatic heterocycles. The number of nitrogens with one attached hydrogen (secondary N) is 1. The Balaban J connectivity index is 1.61. The Kier molecular flexibility index (Phi) is 6.56. The molecule has 1 heterocycles. The van der Waals surface area contributed by atoms with E-state index in [9.17, 15) is 14.0 Å². The molecule has 1 amide bonds. The van der Waals surface area contributed by atoms with Crippen molar-refractivity contribution in [3.63, 3.8) is 0 Å². The topological polar surface area (TPSA) is 83.1 Å². The molecule has 8 heteroatoms. The van der Waals surface area contributed by atoms with Crippen LogP contribution in [0.2, 0.25) is 0 Å². The number of rotatable bonds is 6. The first-order valence-electron chi connectivity index (χ1n) is 9.30. The molecule has 0 saturated carbocycles. The van der Waals surface area contributed by atoms with E-state index < -0.39 is 23.8 Å². The van der Waals surface area contributed by atoms with Gasteiger partial charge < -0.3 is 24.3 Å². The zero-order valence-corrected chi connectivity index (χ0v) is 16.9. The highest BCUT2D eigenvalue weighted by molar-refractivity contribution is 5.96. The first kappa shape index (κ1) is 21.2. The number of carbonyl (C=O) groups excluding carboxylic acids is 2. The molecule has 0 radical (unpaired) electrons. The van der Waals surface area contributed by atoms with Crippen molar-refractivity contribution in [2.75, 3.05) is 25.6 Å². The summed E-state index contributed by atoms with van der Waals surface area (Å²) in [5.41, 5.74) is 1.39. The second-order valence-corrected chi connectivity index (χ2v) is 6.61. The molecular weight excluding hydrogens is 393 g/mol. The van der Waals surface area contributed by atoms with Crippen LogP contribution in [-0.2, 0) is 14.3 Å². The maximum Gasteiger partial charge on any atom is 0.331 e. The molecule has 7 nitrogen and oxygen atoms in total. The lowest BCUT2D eigenvalue weighted by atomic mass is 10.1. The number of methoxy groups -OCH3 is 1. The molecule has 0 fully saturated rings. The Bertz CT molecular complexity index is 971. The molecule has 30 heavy (non-hydrogen) atoms. The highest BCUT2D eigenvalue weighted by Gasteiger charge is 2.19. The van der Waals surface area contributed by atoms with Crippen molar-refractivity contribution < 1.29 is 32.9 Å². The van der Waals surface area contributed by atoms with E-state index in [4.69, 9.17) is 18.9 Å². The van der Waals surface area contributed by atoms with Crippen molar-refractivity contribution in [1.29, 1.82) is 0 Å². The van der Waals surface area contributed by atoms with Crippen molar-refractivity contribution in [2.24, 2.45) is 0 Å². The molecular formula is C22H22FNO6. The number of ether oxygens (including phenoxy) is 4. The van der Waals surface area contributed by atoms with Gasteiger partial charge in [-0.3, -0.25) is 4.79 Å². The van der Waals surface area contributed by atoms with Gasteiger partial charge in [-0.2, -0.15) is 0 Å². The average Bonchev–Trinajstić information content (AvgIpc) is 2.74. The van der Waals surface area contributed by atoms with Crippen LogP contribution in [0.1, 0.15) is 18.1 Å². The number of hydrogen-bond donors (Lipinski definition) is 1. The van der Waals surface area contributed by atoms with Crippen molar-refractivity contribution in [2.45, 2.75) is 20.0 Å². The van der Waals surface area contributed by atoms with E-state index >= 15 is 0 Å². The van der Waals surface area contributed by atoms with Crippen LogP contribution >= 0.6 is 0 Å². The lowest BCUT2D eigenvalue weighted by Crippen LogP contribution is -2.29. The van der Waals surface area contributed by atoms with E-state index in [0.29, 0.717) is 41.6 Å². The molecule has 3 rings (SSSR count). The highest BCUT2D eigenvalue weighted by Crippen LogP contribution is 2.40. The van der Waals surface area contributed by atoms with Gasteiger partial charge in [0.25, 0.3) is 5.91 Å². The Labute approximate surface area is 173 Å². The molecule has 0 aliphatic carbocycles. The van der Waals surface area contributed by atoms with Gasteiger partial charge in [-0.25, -0.2) is 9.18 Å². The fraction of sp³-hybridized carbons (Fsp3) is 0.273. The zero-order valence-electron chi connectivity index (χ0n) is 16.9. The lowest BCUT2D eigenvalue weighted by molar-refractivity contribution is -0.148. The number of hydrogen-bond acceptors (Lipinski definition) is 6. The predicted molar refractivity (Wildman–Crippen MR) is 108 cm³/mol. The highest BCUT2D eigenvalue weighted by atomic mass is 19.1. The summed E-state index contributed by atoms with van der Waals surface area (Å²) in [4.78, 5) is 24.3. The summed E-state index contributed by atoms with van der Waals surface area (Å²) in [6, 6.07) is 7.73. The second kappa shape index (κ2) is 9.30. The van der Waals surface area contributed by atoms with Gasteiger partial charge in [-0.15, -0.1) is 0 Å². The molecule has 2 aromatic rings. The Morgan fingerprint density at radius 1 is 1.20 bits per heavy atom. The molecule has 0 bridgehead atoms.